The molecule has 2 N–H and O–H groups in total. The van der Waals surface area contributed by atoms with E-state index in [1.54, 1.807) is 7.11 Å². The Kier molecular flexibility index (Phi) is 6.21. The summed E-state index contributed by atoms with van der Waals surface area (Å²) >= 11 is 0. The second-order valence-corrected chi connectivity index (χ2v) is 6.57. The molecule has 0 aliphatic rings. The Morgan fingerprint density at radius 2 is 1.95 bits per heavy atom. The molecule has 1 aromatic carbocycles. The number of carbonyl (C=O) groups excluding carboxylic acids is 1. The third-order valence-electron chi connectivity index (χ3n) is 3.24. The third kappa shape index (κ3) is 5.76. The van der Waals surface area contributed by atoms with Crippen molar-refractivity contribution in [3.63, 3.8) is 0 Å². The lowest BCUT2D eigenvalue weighted by molar-refractivity contribution is -0.116. The van der Waals surface area contributed by atoms with E-state index < -0.39 is 0 Å². The van der Waals surface area contributed by atoms with Crippen molar-refractivity contribution < 1.29 is 9.53 Å². The van der Waals surface area contributed by atoms with Crippen LogP contribution in [0.3, 0.4) is 0 Å². The number of rotatable bonds is 6. The summed E-state index contributed by atoms with van der Waals surface area (Å²) in [5.74, 6) is 0.681. The zero-order valence-corrected chi connectivity index (χ0v) is 14.0. The molecule has 0 fully saturated rings. The van der Waals surface area contributed by atoms with Gasteiger partial charge in [0.2, 0.25) is 5.91 Å². The standard InChI is InChI=1S/C17H28N2O2/c1-12(2)18-10-9-16(20)19-14-11-13(17(3,4)5)7-8-15(14)21-6/h7-8,11-12,18H,9-10H2,1-6H3,(H,19,20). The predicted octanol–water partition coefficient (Wildman–Crippen LogP) is 3.32. The van der Waals surface area contributed by atoms with E-state index in [2.05, 4.69) is 45.3 Å². The van der Waals surface area contributed by atoms with Gasteiger partial charge in [0, 0.05) is 19.0 Å². The van der Waals surface area contributed by atoms with Crippen molar-refractivity contribution in [2.45, 2.75) is 52.5 Å². The molecule has 1 rings (SSSR count). The van der Waals surface area contributed by atoms with E-state index in [9.17, 15) is 4.79 Å². The smallest absolute Gasteiger partial charge is 0.225 e. The summed E-state index contributed by atoms with van der Waals surface area (Å²) in [7, 11) is 1.61. The average Bonchev–Trinajstić information content (AvgIpc) is 2.37. The number of nitrogens with one attached hydrogen (secondary N) is 2. The zero-order valence-electron chi connectivity index (χ0n) is 14.0. The Labute approximate surface area is 128 Å². The van der Waals surface area contributed by atoms with Crippen LogP contribution in [0, 0.1) is 0 Å². The molecule has 0 radical (unpaired) electrons. The molecule has 0 saturated heterocycles. The third-order valence-corrected chi connectivity index (χ3v) is 3.24. The lowest BCUT2D eigenvalue weighted by atomic mass is 9.87. The van der Waals surface area contributed by atoms with Crippen LogP contribution in [0.15, 0.2) is 18.2 Å². The SMILES string of the molecule is COc1ccc(C(C)(C)C)cc1NC(=O)CCNC(C)C. The first-order valence-electron chi connectivity index (χ1n) is 7.46. The largest absolute Gasteiger partial charge is 0.495 e. The number of methoxy groups -OCH3 is 1. The van der Waals surface area contributed by atoms with Gasteiger partial charge in [-0.15, -0.1) is 0 Å². The Hall–Kier alpha value is -1.55. The van der Waals surface area contributed by atoms with Gasteiger partial charge >= 0.3 is 0 Å². The first-order chi connectivity index (χ1) is 9.74. The predicted molar refractivity (Wildman–Crippen MR) is 88.1 cm³/mol. The van der Waals surface area contributed by atoms with Gasteiger partial charge < -0.3 is 15.4 Å². The summed E-state index contributed by atoms with van der Waals surface area (Å²) in [5.41, 5.74) is 1.93. The van der Waals surface area contributed by atoms with Crippen LogP contribution in [-0.2, 0) is 10.2 Å². The fraction of sp³-hybridized carbons (Fsp3) is 0.588. The van der Waals surface area contributed by atoms with Crippen LogP contribution in [0.1, 0.15) is 46.6 Å². The van der Waals surface area contributed by atoms with Crippen molar-refractivity contribution >= 4 is 11.6 Å². The van der Waals surface area contributed by atoms with E-state index in [0.29, 0.717) is 24.8 Å². The molecular formula is C17H28N2O2. The van der Waals surface area contributed by atoms with Crippen LogP contribution < -0.4 is 15.4 Å². The Balaban J connectivity index is 2.78. The number of hydrogen-bond donors (Lipinski definition) is 2. The second kappa shape index (κ2) is 7.46. The molecule has 0 aliphatic carbocycles. The zero-order chi connectivity index (χ0) is 16.0. The number of carbonyl (C=O) groups is 1. The molecule has 0 heterocycles. The molecule has 0 bridgehead atoms. The van der Waals surface area contributed by atoms with Crippen LogP contribution in [0.2, 0.25) is 0 Å². The minimum atomic E-state index is -0.00694. The molecule has 0 unspecified atom stereocenters. The molecule has 21 heavy (non-hydrogen) atoms. The first kappa shape index (κ1) is 17.5. The highest BCUT2D eigenvalue weighted by molar-refractivity contribution is 5.92. The van der Waals surface area contributed by atoms with Crippen molar-refractivity contribution in [2.24, 2.45) is 0 Å². The summed E-state index contributed by atoms with van der Waals surface area (Å²) in [6.07, 6.45) is 0.446. The highest BCUT2D eigenvalue weighted by Crippen LogP contribution is 2.31. The minimum absolute atomic E-state index is 0.00694. The van der Waals surface area contributed by atoms with Crippen LogP contribution in [0.25, 0.3) is 0 Å². The fourth-order valence-electron chi connectivity index (χ4n) is 1.96. The summed E-state index contributed by atoms with van der Waals surface area (Å²) in [4.78, 5) is 12.0. The van der Waals surface area contributed by atoms with Crippen LogP contribution in [0.4, 0.5) is 5.69 Å². The quantitative estimate of drug-likeness (QED) is 0.845. The number of anilines is 1. The van der Waals surface area contributed by atoms with Crippen molar-refractivity contribution in [3.8, 4) is 5.75 Å². The first-order valence-corrected chi connectivity index (χ1v) is 7.46. The van der Waals surface area contributed by atoms with Gasteiger partial charge in [-0.05, 0) is 23.1 Å². The van der Waals surface area contributed by atoms with Crippen molar-refractivity contribution in [2.75, 3.05) is 19.0 Å². The van der Waals surface area contributed by atoms with E-state index in [1.165, 1.54) is 5.56 Å². The maximum absolute atomic E-state index is 12.0. The molecule has 0 aromatic heterocycles. The van der Waals surface area contributed by atoms with Gasteiger partial charge in [0.15, 0.2) is 0 Å². The van der Waals surface area contributed by atoms with Gasteiger partial charge in [-0.1, -0.05) is 40.7 Å². The average molecular weight is 292 g/mol. The van der Waals surface area contributed by atoms with E-state index in [-0.39, 0.29) is 11.3 Å². The van der Waals surface area contributed by atoms with Gasteiger partial charge in [-0.25, -0.2) is 0 Å². The maximum Gasteiger partial charge on any atom is 0.225 e. The van der Waals surface area contributed by atoms with Gasteiger partial charge in [-0.3, -0.25) is 4.79 Å². The molecule has 4 nitrogen and oxygen atoms in total. The second-order valence-electron chi connectivity index (χ2n) is 6.57. The van der Waals surface area contributed by atoms with Gasteiger partial charge in [-0.2, -0.15) is 0 Å². The number of amides is 1. The summed E-state index contributed by atoms with van der Waals surface area (Å²) in [6.45, 7) is 11.2. The van der Waals surface area contributed by atoms with E-state index >= 15 is 0 Å². The van der Waals surface area contributed by atoms with E-state index in [1.807, 2.05) is 18.2 Å². The van der Waals surface area contributed by atoms with Crippen molar-refractivity contribution in [1.82, 2.24) is 5.32 Å². The Morgan fingerprint density at radius 1 is 1.29 bits per heavy atom. The van der Waals surface area contributed by atoms with Crippen LogP contribution in [0.5, 0.6) is 5.75 Å². The molecule has 118 valence electrons. The lowest BCUT2D eigenvalue weighted by Crippen LogP contribution is -2.27. The summed E-state index contributed by atoms with van der Waals surface area (Å²) in [5, 5.41) is 6.18. The monoisotopic (exact) mass is 292 g/mol. The highest BCUT2D eigenvalue weighted by atomic mass is 16.5. The molecule has 4 heteroatoms. The van der Waals surface area contributed by atoms with Crippen molar-refractivity contribution in [1.29, 1.82) is 0 Å². The topological polar surface area (TPSA) is 50.4 Å². The van der Waals surface area contributed by atoms with Crippen LogP contribution >= 0.6 is 0 Å². The molecular weight excluding hydrogens is 264 g/mol. The van der Waals surface area contributed by atoms with Crippen LogP contribution in [-0.4, -0.2) is 25.6 Å². The molecule has 0 aliphatic heterocycles. The summed E-state index contributed by atoms with van der Waals surface area (Å²) < 4.78 is 5.33. The number of ether oxygens (including phenoxy) is 1. The summed E-state index contributed by atoms with van der Waals surface area (Å²) in [6, 6.07) is 6.32. The molecule has 1 aromatic rings. The fourth-order valence-corrected chi connectivity index (χ4v) is 1.96. The van der Waals surface area contributed by atoms with Gasteiger partial charge in [0.1, 0.15) is 5.75 Å². The Morgan fingerprint density at radius 3 is 2.48 bits per heavy atom. The molecule has 0 atom stereocenters. The van der Waals surface area contributed by atoms with Gasteiger partial charge in [0.05, 0.1) is 12.8 Å². The molecule has 0 spiro atoms. The maximum atomic E-state index is 12.0. The normalized spacial score (nSPS) is 11.6. The van der Waals surface area contributed by atoms with Gasteiger partial charge in [0.25, 0.3) is 0 Å². The number of hydrogen-bond acceptors (Lipinski definition) is 3. The highest BCUT2D eigenvalue weighted by Gasteiger charge is 2.16. The Bertz CT molecular complexity index is 476. The lowest BCUT2D eigenvalue weighted by Gasteiger charge is -2.21. The van der Waals surface area contributed by atoms with E-state index in [4.69, 9.17) is 4.74 Å². The number of benzene rings is 1. The van der Waals surface area contributed by atoms with E-state index in [0.717, 1.165) is 5.69 Å². The molecule has 0 saturated carbocycles. The minimum Gasteiger partial charge on any atom is -0.495 e. The van der Waals surface area contributed by atoms with Crippen molar-refractivity contribution in [3.05, 3.63) is 23.8 Å². The molecule has 1 amide bonds.